The van der Waals surface area contributed by atoms with Crippen molar-refractivity contribution in [3.8, 4) is 25.0 Å². The van der Waals surface area contributed by atoms with Crippen LogP contribution in [0.3, 0.4) is 0 Å². The molecule has 0 aliphatic rings. The van der Waals surface area contributed by atoms with E-state index < -0.39 is 9.05 Å². The Balaban J connectivity index is 4.66. The summed E-state index contributed by atoms with van der Waals surface area (Å²) in [5.74, 6) is 0. The summed E-state index contributed by atoms with van der Waals surface area (Å²) in [5, 5.41) is 32.3. The lowest BCUT2D eigenvalue weighted by atomic mass is 11.6. The van der Waals surface area contributed by atoms with E-state index in [0.717, 1.165) is 25.0 Å². The van der Waals surface area contributed by atoms with E-state index in [9.17, 15) is 0 Å². The van der Waals surface area contributed by atoms with Crippen LogP contribution < -0.4 is 0 Å². The monoisotopic (exact) mass is 196 g/mol. The molecule has 8 nitrogen and oxygen atoms in total. The molecular formula is C4N4O4Si. The van der Waals surface area contributed by atoms with Gasteiger partial charge in [-0.15, -0.1) is 0 Å². The van der Waals surface area contributed by atoms with Gasteiger partial charge in [-0.1, -0.05) is 0 Å². The van der Waals surface area contributed by atoms with Crippen molar-refractivity contribution in [2.24, 2.45) is 0 Å². The number of rotatable bonds is 4. The van der Waals surface area contributed by atoms with Crippen LogP contribution in [0, 0.1) is 46.1 Å². The zero-order chi connectivity index (χ0) is 10.2. The highest BCUT2D eigenvalue weighted by molar-refractivity contribution is 6.54. The highest BCUT2D eigenvalue weighted by Crippen LogP contribution is 2.08. The molecule has 0 saturated heterocycles. The third-order valence-corrected chi connectivity index (χ3v) is 2.05. The van der Waals surface area contributed by atoms with E-state index in [2.05, 4.69) is 17.7 Å². The lowest BCUT2D eigenvalue weighted by molar-refractivity contribution is 0.101. The van der Waals surface area contributed by atoms with E-state index in [1.165, 1.54) is 0 Å². The molecule has 0 radical (unpaired) electrons. The van der Waals surface area contributed by atoms with Crippen molar-refractivity contribution in [1.82, 2.24) is 0 Å². The van der Waals surface area contributed by atoms with E-state index >= 15 is 0 Å². The molecule has 0 aromatic carbocycles. The summed E-state index contributed by atoms with van der Waals surface area (Å²) < 4.78 is 16.2. The van der Waals surface area contributed by atoms with Gasteiger partial charge in [0.15, 0.2) is 0 Å². The van der Waals surface area contributed by atoms with E-state index in [0.29, 0.717) is 0 Å². The zero-order valence-corrected chi connectivity index (χ0v) is 6.92. The molecule has 0 fully saturated rings. The highest BCUT2D eigenvalue weighted by atomic mass is 28.4. The summed E-state index contributed by atoms with van der Waals surface area (Å²) in [6.45, 7) is 0. The molecule has 0 atom stereocenters. The van der Waals surface area contributed by atoms with Crippen LogP contribution in [0.25, 0.3) is 0 Å². The van der Waals surface area contributed by atoms with Gasteiger partial charge < -0.3 is 17.7 Å². The van der Waals surface area contributed by atoms with Crippen molar-refractivity contribution in [2.75, 3.05) is 0 Å². The Morgan fingerprint density at radius 3 is 1.00 bits per heavy atom. The molecule has 0 aliphatic carbocycles. The van der Waals surface area contributed by atoms with Crippen LogP contribution in [0.5, 0.6) is 0 Å². The topological polar surface area (TPSA) is 132 Å². The van der Waals surface area contributed by atoms with Gasteiger partial charge in [0, 0.05) is 0 Å². The molecule has 0 saturated carbocycles. The average molecular weight is 196 g/mol. The predicted molar refractivity (Wildman–Crippen MR) is 32.5 cm³/mol. The third kappa shape index (κ3) is 2.85. The maximum absolute atomic E-state index is 8.08. The molecule has 0 spiro atoms. The zero-order valence-electron chi connectivity index (χ0n) is 5.92. The van der Waals surface area contributed by atoms with E-state index in [1.807, 2.05) is 0 Å². The van der Waals surface area contributed by atoms with E-state index in [1.54, 1.807) is 0 Å². The fraction of sp³-hybridized carbons (Fsp3) is 0. The quantitative estimate of drug-likeness (QED) is 0.430. The molecule has 0 N–H and O–H groups in total. The van der Waals surface area contributed by atoms with Gasteiger partial charge in [-0.2, -0.15) is 21.0 Å². The van der Waals surface area contributed by atoms with Gasteiger partial charge in [0.2, 0.25) is 0 Å². The minimum absolute atomic E-state index is 1.10. The first kappa shape index (κ1) is 10.4. The Labute approximate surface area is 73.7 Å². The Hall–Kier alpha value is -2.62. The van der Waals surface area contributed by atoms with Crippen LogP contribution in [-0.4, -0.2) is 9.05 Å². The fourth-order valence-electron chi connectivity index (χ4n) is 0.349. The van der Waals surface area contributed by atoms with Crippen molar-refractivity contribution < 1.29 is 17.7 Å². The number of nitrogens with zero attached hydrogens (tertiary/aromatic N) is 4. The first-order chi connectivity index (χ1) is 6.24. The predicted octanol–water partition coefficient (Wildman–Crippen LogP) is -0.587. The van der Waals surface area contributed by atoms with Crippen molar-refractivity contribution in [3.05, 3.63) is 0 Å². The second-order valence-corrected chi connectivity index (χ2v) is 3.09. The van der Waals surface area contributed by atoms with E-state index in [-0.39, 0.29) is 0 Å². The Bertz CT molecular complexity index is 261. The van der Waals surface area contributed by atoms with Crippen LogP contribution in [-0.2, 0) is 17.7 Å². The SMILES string of the molecule is N#CO[Si](OC#N)(OC#N)OC#N. The second-order valence-electron chi connectivity index (χ2n) is 1.27. The van der Waals surface area contributed by atoms with Crippen molar-refractivity contribution >= 4 is 9.05 Å². The molecule has 0 aromatic rings. The standard InChI is InChI=1S/C4N4O4Si/c5-1-9-13(10-2-6,11-3-7)12-4-8. The van der Waals surface area contributed by atoms with Gasteiger partial charge in [0.1, 0.15) is 0 Å². The summed E-state index contributed by atoms with van der Waals surface area (Å²) in [6.07, 6.45) is 4.39. The summed E-state index contributed by atoms with van der Waals surface area (Å²) in [6, 6.07) is 0. The molecule has 0 rings (SSSR count). The van der Waals surface area contributed by atoms with E-state index in [4.69, 9.17) is 21.0 Å². The van der Waals surface area contributed by atoms with Gasteiger partial charge in [0.25, 0.3) is 25.0 Å². The molecule has 0 heterocycles. The molecule has 0 aliphatic heterocycles. The molecule has 0 unspecified atom stereocenters. The molecule has 0 aromatic heterocycles. The van der Waals surface area contributed by atoms with Crippen LogP contribution >= 0.6 is 0 Å². The first-order valence-corrected chi connectivity index (χ1v) is 4.16. The molecule has 0 bridgehead atoms. The normalized spacial score (nSPS) is 7.69. The number of hydrogen-bond acceptors (Lipinski definition) is 8. The average Bonchev–Trinajstić information content (AvgIpc) is 2.06. The maximum Gasteiger partial charge on any atom is 1.01 e. The Kier molecular flexibility index (Phi) is 4.06. The molecule has 9 heteroatoms. The third-order valence-electron chi connectivity index (χ3n) is 0.683. The van der Waals surface area contributed by atoms with Gasteiger partial charge in [-0.3, -0.25) is 0 Å². The van der Waals surface area contributed by atoms with Crippen LogP contribution in [0.4, 0.5) is 0 Å². The highest BCUT2D eigenvalue weighted by Gasteiger charge is 2.60. The Morgan fingerprint density at radius 1 is 0.615 bits per heavy atom. The van der Waals surface area contributed by atoms with Gasteiger partial charge >= 0.3 is 9.05 Å². The van der Waals surface area contributed by atoms with Crippen molar-refractivity contribution in [2.45, 2.75) is 0 Å². The van der Waals surface area contributed by atoms with Gasteiger partial charge in [0.05, 0.1) is 0 Å². The lowest BCUT2D eigenvalue weighted by Gasteiger charge is -2.11. The van der Waals surface area contributed by atoms with Crippen LogP contribution in [0.1, 0.15) is 0 Å². The van der Waals surface area contributed by atoms with Crippen LogP contribution in [0.2, 0.25) is 0 Å². The van der Waals surface area contributed by atoms with Gasteiger partial charge in [-0.05, 0) is 0 Å². The molecular weight excluding hydrogens is 196 g/mol. The number of nitriles is 4. The van der Waals surface area contributed by atoms with Gasteiger partial charge in [-0.25, -0.2) is 0 Å². The first-order valence-electron chi connectivity index (χ1n) is 2.53. The largest absolute Gasteiger partial charge is 1.01 e. The maximum atomic E-state index is 8.08. The smallest absolute Gasteiger partial charge is 0.379 e. The summed E-state index contributed by atoms with van der Waals surface area (Å²) >= 11 is 0. The minimum atomic E-state index is -4.24. The lowest BCUT2D eigenvalue weighted by Crippen LogP contribution is -2.44. The number of hydrogen-bond donors (Lipinski definition) is 0. The molecule has 13 heavy (non-hydrogen) atoms. The summed E-state index contributed by atoms with van der Waals surface area (Å²) in [7, 11) is -4.24. The van der Waals surface area contributed by atoms with Crippen molar-refractivity contribution in [1.29, 1.82) is 21.0 Å². The van der Waals surface area contributed by atoms with Crippen molar-refractivity contribution in [3.63, 3.8) is 0 Å². The van der Waals surface area contributed by atoms with Crippen LogP contribution in [0.15, 0.2) is 0 Å². The second kappa shape index (κ2) is 5.08. The summed E-state index contributed by atoms with van der Waals surface area (Å²) in [5.41, 5.74) is 0. The summed E-state index contributed by atoms with van der Waals surface area (Å²) in [4.78, 5) is 0. The molecule has 64 valence electrons. The Morgan fingerprint density at radius 2 is 0.846 bits per heavy atom. The minimum Gasteiger partial charge on any atom is -0.379 e. The fourth-order valence-corrected chi connectivity index (χ4v) is 1.05. The molecule has 0 amide bonds.